The molecule has 0 saturated carbocycles. The first-order valence-electron chi connectivity index (χ1n) is 4.34. The molecule has 0 spiro atoms. The smallest absolute Gasteiger partial charge is 0.222 e. The molecule has 74 valence electrons. The summed E-state index contributed by atoms with van der Waals surface area (Å²) in [5.41, 5.74) is 0.775. The van der Waals surface area contributed by atoms with E-state index in [4.69, 9.17) is 0 Å². The molecule has 0 aromatic carbocycles. The van der Waals surface area contributed by atoms with E-state index in [-0.39, 0.29) is 11.8 Å². The molecule has 4 nitrogen and oxygen atoms in total. The summed E-state index contributed by atoms with van der Waals surface area (Å²) in [4.78, 5) is 11.2. The zero-order valence-corrected chi connectivity index (χ0v) is 8.66. The number of azo groups is 1. The number of carbonyl (C=O) groups excluding carboxylic acids is 1. The normalized spacial score (nSPS) is 12.5. The molecule has 0 radical (unpaired) electrons. The van der Waals surface area contributed by atoms with Gasteiger partial charge in [-0.25, -0.2) is 0 Å². The van der Waals surface area contributed by atoms with Gasteiger partial charge in [-0.15, -0.1) is 0 Å². The van der Waals surface area contributed by atoms with Crippen molar-refractivity contribution in [3.63, 3.8) is 0 Å². The summed E-state index contributed by atoms with van der Waals surface area (Å²) in [7, 11) is 1.60. The minimum atomic E-state index is 0.0108. The van der Waals surface area contributed by atoms with E-state index in [1.54, 1.807) is 7.05 Å². The molecule has 0 bridgehead atoms. The molecule has 0 aliphatic heterocycles. The molecule has 0 aromatic heterocycles. The number of rotatable bonds is 4. The van der Waals surface area contributed by atoms with Crippen LogP contribution in [-0.2, 0) is 4.79 Å². The van der Waals surface area contributed by atoms with E-state index in [9.17, 15) is 4.79 Å². The van der Waals surface area contributed by atoms with Crippen LogP contribution in [-0.4, -0.2) is 19.5 Å². The number of allylic oxidation sites excluding steroid dienone is 1. The summed E-state index contributed by atoms with van der Waals surface area (Å²) in [6, 6.07) is 0. The second-order valence-electron chi connectivity index (χ2n) is 2.95. The number of nitrogens with zero attached hydrogens (tertiary/aromatic N) is 2. The van der Waals surface area contributed by atoms with Crippen LogP contribution in [0.25, 0.3) is 0 Å². The third-order valence-corrected chi connectivity index (χ3v) is 1.53. The summed E-state index contributed by atoms with van der Waals surface area (Å²) < 4.78 is 0. The fraction of sp³-hybridized carbons (Fsp3) is 0.667. The first-order valence-corrected chi connectivity index (χ1v) is 4.34. The van der Waals surface area contributed by atoms with Gasteiger partial charge in [0.05, 0.1) is 12.2 Å². The van der Waals surface area contributed by atoms with Gasteiger partial charge in [0.2, 0.25) is 5.91 Å². The predicted molar refractivity (Wildman–Crippen MR) is 52.4 cm³/mol. The second-order valence-corrected chi connectivity index (χ2v) is 2.95. The van der Waals surface area contributed by atoms with Crippen LogP contribution in [0.4, 0.5) is 0 Å². The Hall–Kier alpha value is -1.19. The van der Waals surface area contributed by atoms with Gasteiger partial charge in [-0.3, -0.25) is 4.79 Å². The minimum Gasteiger partial charge on any atom is -0.350 e. The topological polar surface area (TPSA) is 53.8 Å². The lowest BCUT2D eigenvalue weighted by atomic mass is 10.2. The van der Waals surface area contributed by atoms with E-state index >= 15 is 0 Å². The Bertz CT molecular complexity index is 219. The summed E-state index contributed by atoms with van der Waals surface area (Å²) >= 11 is 0. The predicted octanol–water partition coefficient (Wildman–Crippen LogP) is 1.74. The summed E-state index contributed by atoms with van der Waals surface area (Å²) in [5, 5.41) is 10.2. The third kappa shape index (κ3) is 5.11. The Balaban J connectivity index is 3.94. The van der Waals surface area contributed by atoms with Crippen LogP contribution in [0.2, 0.25) is 0 Å². The second kappa shape index (κ2) is 6.34. The fourth-order valence-electron chi connectivity index (χ4n) is 0.705. The van der Waals surface area contributed by atoms with Crippen molar-refractivity contribution in [2.75, 3.05) is 13.6 Å². The van der Waals surface area contributed by atoms with Gasteiger partial charge in [0, 0.05) is 13.0 Å². The number of carbonyl (C=O) groups is 1. The van der Waals surface area contributed by atoms with Crippen molar-refractivity contribution >= 4 is 5.91 Å². The van der Waals surface area contributed by atoms with Crippen LogP contribution >= 0.6 is 0 Å². The largest absolute Gasteiger partial charge is 0.350 e. The van der Waals surface area contributed by atoms with Crippen molar-refractivity contribution in [3.8, 4) is 0 Å². The van der Waals surface area contributed by atoms with Gasteiger partial charge in [0.1, 0.15) is 0 Å². The molecule has 13 heavy (non-hydrogen) atoms. The van der Waals surface area contributed by atoms with Gasteiger partial charge >= 0.3 is 0 Å². The molecule has 0 rings (SSSR count). The standard InChI is InChI=1S/C9H17N3O/c1-5-8(12-10-4)6-11-9(13)7(2)3/h5,7H,6H2,1-4H3,(H,11,13)/b8-5-,12-10?. The molecular formula is C9H17N3O. The zero-order chi connectivity index (χ0) is 10.3. The number of hydrogen-bond donors (Lipinski definition) is 1. The lowest BCUT2D eigenvalue weighted by molar-refractivity contribution is -0.123. The molecular weight excluding hydrogens is 166 g/mol. The van der Waals surface area contributed by atoms with Crippen LogP contribution in [0, 0.1) is 5.92 Å². The highest BCUT2D eigenvalue weighted by molar-refractivity contribution is 5.78. The lowest BCUT2D eigenvalue weighted by Gasteiger charge is -2.06. The molecule has 1 amide bonds. The lowest BCUT2D eigenvalue weighted by Crippen LogP contribution is -2.29. The van der Waals surface area contributed by atoms with Gasteiger partial charge in [0.15, 0.2) is 0 Å². The summed E-state index contributed by atoms with van der Waals surface area (Å²) in [6.07, 6.45) is 1.83. The molecule has 1 N–H and O–H groups in total. The van der Waals surface area contributed by atoms with Crippen LogP contribution in [0.15, 0.2) is 22.0 Å². The van der Waals surface area contributed by atoms with Crippen LogP contribution in [0.3, 0.4) is 0 Å². The Labute approximate surface area is 79.1 Å². The first kappa shape index (κ1) is 11.8. The third-order valence-electron chi connectivity index (χ3n) is 1.53. The van der Waals surface area contributed by atoms with Crippen LogP contribution in [0.5, 0.6) is 0 Å². The van der Waals surface area contributed by atoms with E-state index in [1.165, 1.54) is 0 Å². The van der Waals surface area contributed by atoms with Crippen molar-refractivity contribution in [1.82, 2.24) is 5.32 Å². The van der Waals surface area contributed by atoms with E-state index in [2.05, 4.69) is 15.5 Å². The molecule has 0 aliphatic carbocycles. The number of nitrogens with one attached hydrogen (secondary N) is 1. The van der Waals surface area contributed by atoms with Crippen molar-refractivity contribution in [2.24, 2.45) is 16.1 Å². The van der Waals surface area contributed by atoms with Crippen molar-refractivity contribution < 1.29 is 4.79 Å². The van der Waals surface area contributed by atoms with Gasteiger partial charge in [-0.2, -0.15) is 10.2 Å². The monoisotopic (exact) mass is 183 g/mol. The summed E-state index contributed by atoms with van der Waals surface area (Å²) in [5.74, 6) is 0.0438. The molecule has 0 aliphatic rings. The van der Waals surface area contributed by atoms with Crippen LogP contribution < -0.4 is 5.32 Å². The quantitative estimate of drug-likeness (QED) is 0.663. The number of hydrogen-bond acceptors (Lipinski definition) is 3. The Morgan fingerprint density at radius 2 is 2.15 bits per heavy atom. The van der Waals surface area contributed by atoms with Gasteiger partial charge in [-0.1, -0.05) is 19.9 Å². The zero-order valence-electron chi connectivity index (χ0n) is 8.66. The van der Waals surface area contributed by atoms with Crippen molar-refractivity contribution in [1.29, 1.82) is 0 Å². The van der Waals surface area contributed by atoms with E-state index in [0.717, 1.165) is 5.70 Å². The van der Waals surface area contributed by atoms with E-state index in [0.29, 0.717) is 6.54 Å². The van der Waals surface area contributed by atoms with Crippen molar-refractivity contribution in [3.05, 3.63) is 11.8 Å². The average molecular weight is 183 g/mol. The Morgan fingerprint density at radius 1 is 1.54 bits per heavy atom. The molecule has 0 fully saturated rings. The maximum absolute atomic E-state index is 11.2. The van der Waals surface area contributed by atoms with E-state index < -0.39 is 0 Å². The average Bonchev–Trinajstić information content (AvgIpc) is 2.11. The first-order chi connectivity index (χ1) is 6.11. The molecule has 4 heteroatoms. The van der Waals surface area contributed by atoms with Gasteiger partial charge < -0.3 is 5.32 Å². The molecule has 0 aromatic rings. The highest BCUT2D eigenvalue weighted by Gasteiger charge is 2.05. The SMILES string of the molecule is C/C=C(/CNC(=O)C(C)C)N=NC. The van der Waals surface area contributed by atoms with Gasteiger partial charge in [-0.05, 0) is 6.92 Å². The molecule has 0 atom stereocenters. The minimum absolute atomic E-state index is 0.0108. The maximum atomic E-state index is 11.2. The van der Waals surface area contributed by atoms with Crippen molar-refractivity contribution in [2.45, 2.75) is 20.8 Å². The number of amides is 1. The Morgan fingerprint density at radius 3 is 2.54 bits per heavy atom. The maximum Gasteiger partial charge on any atom is 0.222 e. The van der Waals surface area contributed by atoms with Gasteiger partial charge in [0.25, 0.3) is 0 Å². The highest BCUT2D eigenvalue weighted by Crippen LogP contribution is 1.96. The fourth-order valence-corrected chi connectivity index (χ4v) is 0.705. The molecule has 0 saturated heterocycles. The Kier molecular flexibility index (Phi) is 5.76. The highest BCUT2D eigenvalue weighted by atomic mass is 16.1. The van der Waals surface area contributed by atoms with Crippen LogP contribution in [0.1, 0.15) is 20.8 Å². The molecule has 0 unspecified atom stereocenters. The summed E-state index contributed by atoms with van der Waals surface area (Å²) in [6.45, 7) is 6.02. The molecule has 0 heterocycles. The van der Waals surface area contributed by atoms with E-state index in [1.807, 2.05) is 26.8 Å².